The van der Waals surface area contributed by atoms with Crippen molar-refractivity contribution in [2.45, 2.75) is 32.3 Å². The molecule has 0 bridgehead atoms. The minimum absolute atomic E-state index is 0.305. The topological polar surface area (TPSA) is 49.5 Å². The first kappa shape index (κ1) is 11.0. The normalized spacial score (nSPS) is 26.5. The van der Waals surface area contributed by atoms with Crippen molar-refractivity contribution in [3.63, 3.8) is 0 Å². The number of aliphatic hydroxyl groups is 1. The van der Waals surface area contributed by atoms with Crippen LogP contribution in [0.15, 0.2) is 0 Å². The summed E-state index contributed by atoms with van der Waals surface area (Å²) < 4.78 is 0. The maximum Gasteiger partial charge on any atom is 0.0674 e. The highest BCUT2D eigenvalue weighted by atomic mass is 16.3. The van der Waals surface area contributed by atoms with E-state index in [0.717, 1.165) is 18.9 Å². The number of hydrogen-bond acceptors (Lipinski definition) is 3. The summed E-state index contributed by atoms with van der Waals surface area (Å²) in [6.45, 7) is 6.08. The standard InChI is InChI=1S/C10H22N2O/c1-2-9-3-5-12(8-9)6-4-10(13)7-11/h9-10,13H,2-8,11H2,1H3. The summed E-state index contributed by atoms with van der Waals surface area (Å²) in [6.07, 6.45) is 3.14. The van der Waals surface area contributed by atoms with Crippen LogP contribution in [0, 0.1) is 5.92 Å². The first-order chi connectivity index (χ1) is 6.26. The Morgan fingerprint density at radius 1 is 1.62 bits per heavy atom. The summed E-state index contributed by atoms with van der Waals surface area (Å²) in [4.78, 5) is 2.44. The van der Waals surface area contributed by atoms with Crippen molar-refractivity contribution >= 4 is 0 Å². The molecule has 1 aliphatic heterocycles. The van der Waals surface area contributed by atoms with Gasteiger partial charge < -0.3 is 15.7 Å². The molecule has 3 heteroatoms. The Bertz CT molecular complexity index is 141. The molecule has 0 radical (unpaired) electrons. The quantitative estimate of drug-likeness (QED) is 0.654. The number of aliphatic hydroxyl groups excluding tert-OH is 1. The molecule has 0 aromatic rings. The smallest absolute Gasteiger partial charge is 0.0674 e. The third-order valence-electron chi connectivity index (χ3n) is 3.00. The summed E-state index contributed by atoms with van der Waals surface area (Å²) in [5.74, 6) is 0.884. The van der Waals surface area contributed by atoms with Gasteiger partial charge in [-0.3, -0.25) is 0 Å². The van der Waals surface area contributed by atoms with Gasteiger partial charge in [-0.25, -0.2) is 0 Å². The number of nitrogens with two attached hydrogens (primary N) is 1. The van der Waals surface area contributed by atoms with Crippen LogP contribution in [-0.4, -0.2) is 42.3 Å². The first-order valence-corrected chi connectivity index (χ1v) is 5.36. The van der Waals surface area contributed by atoms with E-state index in [0.29, 0.717) is 6.54 Å². The molecule has 78 valence electrons. The number of hydrogen-bond donors (Lipinski definition) is 2. The van der Waals surface area contributed by atoms with Crippen molar-refractivity contribution in [3.05, 3.63) is 0 Å². The molecular formula is C10H22N2O. The zero-order valence-corrected chi connectivity index (χ0v) is 8.58. The summed E-state index contributed by atoms with van der Waals surface area (Å²) in [5, 5.41) is 9.29. The average Bonchev–Trinajstić information content (AvgIpc) is 2.61. The van der Waals surface area contributed by atoms with E-state index < -0.39 is 0 Å². The molecule has 2 atom stereocenters. The largest absolute Gasteiger partial charge is 0.392 e. The van der Waals surface area contributed by atoms with Crippen LogP contribution in [0.3, 0.4) is 0 Å². The molecule has 1 fully saturated rings. The Morgan fingerprint density at radius 2 is 2.38 bits per heavy atom. The number of likely N-dealkylation sites (tertiary alicyclic amines) is 1. The molecule has 3 nitrogen and oxygen atoms in total. The van der Waals surface area contributed by atoms with Gasteiger partial charge in [0.2, 0.25) is 0 Å². The highest BCUT2D eigenvalue weighted by Crippen LogP contribution is 2.18. The first-order valence-electron chi connectivity index (χ1n) is 5.36. The SMILES string of the molecule is CCC1CCN(CCC(O)CN)C1. The van der Waals surface area contributed by atoms with Crippen LogP contribution in [0.5, 0.6) is 0 Å². The van der Waals surface area contributed by atoms with E-state index in [2.05, 4.69) is 11.8 Å². The predicted molar refractivity (Wildman–Crippen MR) is 54.5 cm³/mol. The monoisotopic (exact) mass is 186 g/mol. The van der Waals surface area contributed by atoms with E-state index in [4.69, 9.17) is 5.73 Å². The van der Waals surface area contributed by atoms with E-state index >= 15 is 0 Å². The number of nitrogens with zero attached hydrogens (tertiary/aromatic N) is 1. The van der Waals surface area contributed by atoms with Gasteiger partial charge in [0.05, 0.1) is 6.10 Å². The van der Waals surface area contributed by atoms with E-state index in [1.807, 2.05) is 0 Å². The maximum absolute atomic E-state index is 9.29. The Morgan fingerprint density at radius 3 is 2.92 bits per heavy atom. The lowest BCUT2D eigenvalue weighted by atomic mass is 10.1. The zero-order chi connectivity index (χ0) is 9.68. The van der Waals surface area contributed by atoms with Crippen LogP contribution in [0.25, 0.3) is 0 Å². The molecule has 1 aliphatic rings. The highest BCUT2D eigenvalue weighted by Gasteiger charge is 2.20. The molecule has 0 aromatic heterocycles. The number of rotatable bonds is 5. The van der Waals surface area contributed by atoms with Crippen molar-refractivity contribution in [3.8, 4) is 0 Å². The van der Waals surface area contributed by atoms with Crippen LogP contribution < -0.4 is 5.73 Å². The predicted octanol–water partition coefficient (Wildman–Crippen LogP) is 0.428. The van der Waals surface area contributed by atoms with Gasteiger partial charge in [0.1, 0.15) is 0 Å². The third-order valence-corrected chi connectivity index (χ3v) is 3.00. The Labute approximate surface area is 80.9 Å². The summed E-state index contributed by atoms with van der Waals surface area (Å²) >= 11 is 0. The van der Waals surface area contributed by atoms with Gasteiger partial charge in [-0.1, -0.05) is 13.3 Å². The molecule has 1 saturated heterocycles. The molecule has 0 saturated carbocycles. The van der Waals surface area contributed by atoms with Crippen LogP contribution in [-0.2, 0) is 0 Å². The fraction of sp³-hybridized carbons (Fsp3) is 1.00. The molecule has 3 N–H and O–H groups in total. The molecule has 13 heavy (non-hydrogen) atoms. The van der Waals surface area contributed by atoms with Gasteiger partial charge in [0.15, 0.2) is 0 Å². The van der Waals surface area contributed by atoms with Gasteiger partial charge >= 0.3 is 0 Å². The van der Waals surface area contributed by atoms with Gasteiger partial charge in [-0.05, 0) is 25.3 Å². The molecule has 1 heterocycles. The lowest BCUT2D eigenvalue weighted by molar-refractivity contribution is 0.153. The third kappa shape index (κ3) is 3.63. The second-order valence-electron chi connectivity index (χ2n) is 4.04. The van der Waals surface area contributed by atoms with Crippen LogP contribution in [0.1, 0.15) is 26.2 Å². The van der Waals surface area contributed by atoms with Crippen molar-refractivity contribution < 1.29 is 5.11 Å². The summed E-state index contributed by atoms with van der Waals surface area (Å²) in [5.41, 5.74) is 5.34. The fourth-order valence-electron chi connectivity index (χ4n) is 1.90. The maximum atomic E-state index is 9.29. The molecule has 0 amide bonds. The molecule has 1 rings (SSSR count). The lowest BCUT2D eigenvalue weighted by Gasteiger charge is -2.17. The van der Waals surface area contributed by atoms with E-state index in [1.54, 1.807) is 0 Å². The highest BCUT2D eigenvalue weighted by molar-refractivity contribution is 4.75. The van der Waals surface area contributed by atoms with Crippen molar-refractivity contribution in [2.24, 2.45) is 11.7 Å². The summed E-state index contributed by atoms with van der Waals surface area (Å²) in [6, 6.07) is 0. The molecule has 0 aliphatic carbocycles. The van der Waals surface area contributed by atoms with Crippen molar-refractivity contribution in [1.29, 1.82) is 0 Å². The van der Waals surface area contributed by atoms with Crippen LogP contribution >= 0.6 is 0 Å². The minimum Gasteiger partial charge on any atom is -0.392 e. The summed E-state index contributed by atoms with van der Waals surface area (Å²) in [7, 11) is 0. The molecular weight excluding hydrogens is 164 g/mol. The van der Waals surface area contributed by atoms with Crippen LogP contribution in [0.2, 0.25) is 0 Å². The Hall–Kier alpha value is -0.120. The lowest BCUT2D eigenvalue weighted by Crippen LogP contribution is -2.28. The van der Waals surface area contributed by atoms with Crippen LogP contribution in [0.4, 0.5) is 0 Å². The minimum atomic E-state index is -0.305. The van der Waals surface area contributed by atoms with Gasteiger partial charge in [-0.15, -0.1) is 0 Å². The van der Waals surface area contributed by atoms with Gasteiger partial charge in [0.25, 0.3) is 0 Å². The average molecular weight is 186 g/mol. The molecule has 0 spiro atoms. The second kappa shape index (κ2) is 5.58. The second-order valence-corrected chi connectivity index (χ2v) is 4.04. The molecule has 0 aromatic carbocycles. The van der Waals surface area contributed by atoms with E-state index in [9.17, 15) is 5.11 Å². The van der Waals surface area contributed by atoms with E-state index in [-0.39, 0.29) is 6.10 Å². The van der Waals surface area contributed by atoms with E-state index in [1.165, 1.54) is 25.9 Å². The fourth-order valence-corrected chi connectivity index (χ4v) is 1.90. The Balaban J connectivity index is 2.10. The van der Waals surface area contributed by atoms with Gasteiger partial charge in [-0.2, -0.15) is 0 Å². The van der Waals surface area contributed by atoms with Crippen molar-refractivity contribution in [2.75, 3.05) is 26.2 Å². The molecule has 2 unspecified atom stereocenters. The zero-order valence-electron chi connectivity index (χ0n) is 8.58. The van der Waals surface area contributed by atoms with Gasteiger partial charge in [0, 0.05) is 19.6 Å². The van der Waals surface area contributed by atoms with Crippen molar-refractivity contribution in [1.82, 2.24) is 4.90 Å². The Kier molecular flexibility index (Phi) is 4.70.